The Labute approximate surface area is 124 Å². The molecule has 1 aromatic rings. The lowest BCUT2D eigenvalue weighted by molar-refractivity contribution is -0.389. The van der Waals surface area contributed by atoms with Crippen molar-refractivity contribution < 1.29 is 19.6 Å². The zero-order valence-electron chi connectivity index (χ0n) is 11.0. The van der Waals surface area contributed by atoms with Gasteiger partial charge in [0.05, 0.1) is 0 Å². The summed E-state index contributed by atoms with van der Waals surface area (Å²) in [5, 5.41) is 19.6. The number of hydrogen-bond acceptors (Lipinski definition) is 6. The fraction of sp³-hybridized carbons (Fsp3) is 0.545. The predicted molar refractivity (Wildman–Crippen MR) is 74.0 cm³/mol. The van der Waals surface area contributed by atoms with Crippen LogP contribution >= 0.6 is 11.8 Å². The van der Waals surface area contributed by atoms with E-state index >= 15 is 0 Å². The van der Waals surface area contributed by atoms with Gasteiger partial charge in [0.15, 0.2) is 0 Å². The monoisotopic (exact) mass is 314 g/mol. The number of aromatic nitrogens is 2. The molecule has 1 aliphatic rings. The highest BCUT2D eigenvalue weighted by atomic mass is 32.2. The topological polar surface area (TPSA) is 119 Å². The fourth-order valence-electron chi connectivity index (χ4n) is 2.04. The van der Waals surface area contributed by atoms with Crippen molar-refractivity contribution >= 4 is 29.5 Å². The molecule has 1 fully saturated rings. The van der Waals surface area contributed by atoms with Crippen molar-refractivity contribution in [1.82, 2.24) is 14.5 Å². The molecule has 1 atom stereocenters. The van der Waals surface area contributed by atoms with Crippen molar-refractivity contribution in [3.63, 3.8) is 0 Å². The van der Waals surface area contributed by atoms with Crippen LogP contribution in [0, 0.1) is 10.1 Å². The molecule has 9 nitrogen and oxygen atoms in total. The van der Waals surface area contributed by atoms with Crippen LogP contribution in [-0.4, -0.2) is 60.4 Å². The Morgan fingerprint density at radius 3 is 2.95 bits per heavy atom. The predicted octanol–water partition coefficient (Wildman–Crippen LogP) is 0.210. The maximum atomic E-state index is 12.1. The number of nitrogens with zero attached hydrogens (tertiary/aromatic N) is 4. The molecule has 21 heavy (non-hydrogen) atoms. The average Bonchev–Trinajstić information content (AvgIpc) is 2.94. The summed E-state index contributed by atoms with van der Waals surface area (Å²) in [6.07, 6.45) is 2.61. The third-order valence-corrected chi connectivity index (χ3v) is 4.15. The van der Waals surface area contributed by atoms with Gasteiger partial charge in [-0.15, -0.1) is 0 Å². The minimum atomic E-state index is -1.01. The van der Waals surface area contributed by atoms with Gasteiger partial charge in [-0.1, -0.05) is 0 Å². The van der Waals surface area contributed by atoms with E-state index in [9.17, 15) is 19.7 Å². The van der Waals surface area contributed by atoms with Crippen LogP contribution in [0.5, 0.6) is 0 Å². The Morgan fingerprint density at radius 1 is 1.57 bits per heavy atom. The highest BCUT2D eigenvalue weighted by Crippen LogP contribution is 2.18. The molecule has 0 aliphatic carbocycles. The first-order chi connectivity index (χ1) is 9.99. The highest BCUT2D eigenvalue weighted by molar-refractivity contribution is 7.99. The number of imidazole rings is 1. The first-order valence-electron chi connectivity index (χ1n) is 6.25. The van der Waals surface area contributed by atoms with Gasteiger partial charge in [-0.05, 0) is 9.91 Å². The maximum Gasteiger partial charge on any atom is 0.381 e. The van der Waals surface area contributed by atoms with E-state index < -0.39 is 16.9 Å². The quantitative estimate of drug-likeness (QED) is 0.609. The van der Waals surface area contributed by atoms with Gasteiger partial charge in [-0.2, -0.15) is 11.8 Å². The van der Waals surface area contributed by atoms with Gasteiger partial charge in [0.1, 0.15) is 12.2 Å². The number of thioether (sulfide) groups is 1. The highest BCUT2D eigenvalue weighted by Gasteiger charge is 2.31. The molecule has 0 aromatic carbocycles. The Bertz CT molecular complexity index is 561. The lowest BCUT2D eigenvalue weighted by atomic mass is 10.2. The second-order valence-corrected chi connectivity index (χ2v) is 5.64. The zero-order chi connectivity index (χ0) is 15.4. The summed E-state index contributed by atoms with van der Waals surface area (Å²) in [4.78, 5) is 38.1. The first-order valence-corrected chi connectivity index (χ1v) is 7.40. The maximum absolute atomic E-state index is 12.1. The molecule has 1 saturated heterocycles. The number of aryl methyl sites for hydroxylation is 1. The molecule has 2 heterocycles. The molecule has 0 radical (unpaired) electrons. The molecule has 0 spiro atoms. The molecule has 1 N–H and O–H groups in total. The van der Waals surface area contributed by atoms with Gasteiger partial charge in [-0.3, -0.25) is 4.79 Å². The van der Waals surface area contributed by atoms with Crippen molar-refractivity contribution in [3.05, 3.63) is 22.6 Å². The molecule has 1 aliphatic heterocycles. The summed E-state index contributed by atoms with van der Waals surface area (Å²) in [7, 11) is 0. The van der Waals surface area contributed by atoms with Gasteiger partial charge in [0.2, 0.25) is 12.2 Å². The number of rotatable bonds is 5. The summed E-state index contributed by atoms with van der Waals surface area (Å²) in [5.74, 6) is -0.447. The number of carboxylic acid groups (broad SMARTS) is 1. The van der Waals surface area contributed by atoms with E-state index in [-0.39, 0.29) is 24.7 Å². The van der Waals surface area contributed by atoms with Crippen molar-refractivity contribution in [2.75, 3.05) is 18.1 Å². The van der Waals surface area contributed by atoms with E-state index in [0.717, 1.165) is 0 Å². The third-order valence-electron chi connectivity index (χ3n) is 3.12. The minimum Gasteiger partial charge on any atom is -0.480 e. The van der Waals surface area contributed by atoms with Crippen LogP contribution in [0.25, 0.3) is 0 Å². The number of nitro groups is 1. The molecule has 10 heteroatoms. The Hall–Kier alpha value is -2.10. The van der Waals surface area contributed by atoms with Crippen molar-refractivity contribution in [3.8, 4) is 0 Å². The summed E-state index contributed by atoms with van der Waals surface area (Å²) < 4.78 is 1.45. The Kier molecular flexibility index (Phi) is 4.78. The van der Waals surface area contributed by atoms with Crippen molar-refractivity contribution in [2.24, 2.45) is 0 Å². The molecule has 1 amide bonds. The van der Waals surface area contributed by atoms with Crippen LogP contribution in [0.3, 0.4) is 0 Å². The van der Waals surface area contributed by atoms with E-state index in [1.54, 1.807) is 0 Å². The van der Waals surface area contributed by atoms with E-state index in [1.165, 1.54) is 33.8 Å². The molecule has 114 valence electrons. The Morgan fingerprint density at radius 2 is 2.33 bits per heavy atom. The minimum absolute atomic E-state index is 0.0853. The molecule has 2 rings (SSSR count). The normalized spacial score (nSPS) is 18.5. The molecule has 0 saturated carbocycles. The van der Waals surface area contributed by atoms with Gasteiger partial charge in [-0.25, -0.2) is 4.79 Å². The van der Waals surface area contributed by atoms with E-state index in [4.69, 9.17) is 5.11 Å². The fourth-order valence-corrected chi connectivity index (χ4v) is 3.08. The van der Waals surface area contributed by atoms with Crippen LogP contribution in [0.2, 0.25) is 0 Å². The summed E-state index contributed by atoms with van der Waals surface area (Å²) in [6.45, 7) is 0.639. The number of aliphatic carboxylic acids is 1. The van der Waals surface area contributed by atoms with Crippen LogP contribution < -0.4 is 0 Å². The van der Waals surface area contributed by atoms with Gasteiger partial charge >= 0.3 is 11.8 Å². The van der Waals surface area contributed by atoms with Gasteiger partial charge in [0.25, 0.3) is 0 Å². The second-order valence-electron chi connectivity index (χ2n) is 4.49. The molecule has 0 bridgehead atoms. The van der Waals surface area contributed by atoms with E-state index in [2.05, 4.69) is 4.98 Å². The molecule has 1 unspecified atom stereocenters. The lowest BCUT2D eigenvalue weighted by Gasteiger charge is -2.32. The largest absolute Gasteiger partial charge is 0.480 e. The SMILES string of the molecule is O=C(O)C1CSCCN1C(=O)CCn1cnc([N+](=O)[O-])c1. The standard InChI is InChI=1S/C11H14N4O5S/c16-10(14-3-4-21-6-8(14)11(17)18)1-2-13-5-9(12-7-13)15(19)20/h5,7-8H,1-4,6H2,(H,17,18). The van der Waals surface area contributed by atoms with E-state index in [0.29, 0.717) is 18.1 Å². The van der Waals surface area contributed by atoms with Gasteiger partial charge < -0.3 is 24.7 Å². The lowest BCUT2D eigenvalue weighted by Crippen LogP contribution is -2.50. The molecule has 1 aromatic heterocycles. The Balaban J connectivity index is 1.93. The van der Waals surface area contributed by atoms with Crippen LogP contribution in [-0.2, 0) is 16.1 Å². The van der Waals surface area contributed by atoms with Crippen LogP contribution in [0.4, 0.5) is 5.82 Å². The molecular weight excluding hydrogens is 300 g/mol. The number of amides is 1. The molecular formula is C11H14N4O5S. The number of carboxylic acids is 1. The smallest absolute Gasteiger partial charge is 0.381 e. The average molecular weight is 314 g/mol. The van der Waals surface area contributed by atoms with E-state index in [1.807, 2.05) is 0 Å². The zero-order valence-corrected chi connectivity index (χ0v) is 11.9. The summed E-state index contributed by atoms with van der Waals surface area (Å²) >= 11 is 1.51. The summed E-state index contributed by atoms with van der Waals surface area (Å²) in [6, 6.07) is -0.798. The van der Waals surface area contributed by atoms with Gasteiger partial charge in [0, 0.05) is 31.0 Å². The van der Waals surface area contributed by atoms with Crippen molar-refractivity contribution in [2.45, 2.75) is 19.0 Å². The number of carbonyl (C=O) groups excluding carboxylic acids is 1. The second kappa shape index (κ2) is 6.57. The number of hydrogen-bond donors (Lipinski definition) is 1. The third kappa shape index (κ3) is 3.72. The number of carbonyl (C=O) groups is 2. The van der Waals surface area contributed by atoms with Crippen LogP contribution in [0.15, 0.2) is 12.5 Å². The first kappa shape index (κ1) is 15.3. The summed E-state index contributed by atoms with van der Waals surface area (Å²) in [5.41, 5.74) is 0. The van der Waals surface area contributed by atoms with Crippen LogP contribution in [0.1, 0.15) is 6.42 Å². The van der Waals surface area contributed by atoms with Crippen molar-refractivity contribution in [1.29, 1.82) is 0 Å².